The zero-order valence-electron chi connectivity index (χ0n) is 17.2. The van der Waals surface area contributed by atoms with E-state index in [4.69, 9.17) is 15.7 Å². The van der Waals surface area contributed by atoms with E-state index in [-0.39, 0.29) is 0 Å². The maximum Gasteiger partial charge on any atom is 0.253 e. The number of hydrogen-bond acceptors (Lipinski definition) is 6. The van der Waals surface area contributed by atoms with E-state index in [9.17, 15) is 4.79 Å². The topological polar surface area (TPSA) is 102 Å². The first-order valence-corrected chi connectivity index (χ1v) is 10.2. The van der Waals surface area contributed by atoms with Crippen LogP contribution in [0.25, 0.3) is 16.9 Å². The van der Waals surface area contributed by atoms with Crippen LogP contribution < -0.4 is 11.1 Å². The number of amides is 1. The van der Waals surface area contributed by atoms with Crippen molar-refractivity contribution in [3.8, 4) is 5.95 Å². The zero-order valence-corrected chi connectivity index (χ0v) is 17.2. The first-order valence-electron chi connectivity index (χ1n) is 10.2. The third-order valence-corrected chi connectivity index (χ3v) is 5.62. The van der Waals surface area contributed by atoms with Gasteiger partial charge in [-0.2, -0.15) is 14.8 Å². The fourth-order valence-electron chi connectivity index (χ4n) is 4.00. The summed E-state index contributed by atoms with van der Waals surface area (Å²) >= 11 is 0. The van der Waals surface area contributed by atoms with Crippen LogP contribution in [0.4, 0.5) is 5.82 Å². The number of carbonyl (C=O) groups excluding carboxylic acids is 1. The largest absolute Gasteiger partial charge is 0.366 e. The van der Waals surface area contributed by atoms with Gasteiger partial charge in [0.2, 0.25) is 5.91 Å². The number of aromatic nitrogens is 4. The second-order valence-electron chi connectivity index (χ2n) is 7.78. The lowest BCUT2D eigenvalue weighted by molar-refractivity contribution is 0.100. The van der Waals surface area contributed by atoms with Crippen LogP contribution in [-0.4, -0.2) is 44.1 Å². The highest BCUT2D eigenvalue weighted by molar-refractivity contribution is 6.05. The van der Waals surface area contributed by atoms with Crippen molar-refractivity contribution in [1.82, 2.24) is 24.6 Å². The quantitative estimate of drug-likeness (QED) is 0.521. The molecule has 8 nitrogen and oxygen atoms in total. The first kappa shape index (κ1) is 19.2. The molecule has 3 N–H and O–H groups in total. The summed E-state index contributed by atoms with van der Waals surface area (Å²) in [5.41, 5.74) is 10.0. The molecule has 2 aromatic heterocycles. The molecule has 8 heteroatoms. The Labute approximate surface area is 179 Å². The predicted octanol–water partition coefficient (Wildman–Crippen LogP) is 2.51. The number of nitrogens with one attached hydrogen (secondary N) is 1. The number of primary amides is 1. The van der Waals surface area contributed by atoms with Crippen molar-refractivity contribution in [2.75, 3.05) is 18.9 Å². The Bertz CT molecular complexity index is 1270. The second kappa shape index (κ2) is 7.81. The molecule has 0 radical (unpaired) electrons. The molecule has 0 bridgehead atoms. The van der Waals surface area contributed by atoms with Gasteiger partial charge >= 0.3 is 0 Å². The summed E-state index contributed by atoms with van der Waals surface area (Å²) in [6, 6.07) is 15.6. The van der Waals surface area contributed by atoms with Gasteiger partial charge < -0.3 is 16.0 Å². The van der Waals surface area contributed by atoms with Crippen LogP contribution in [-0.2, 0) is 19.5 Å². The average molecular weight is 413 g/mol. The Balaban J connectivity index is 1.59. The van der Waals surface area contributed by atoms with Crippen LogP contribution in [0, 0.1) is 0 Å². The fourth-order valence-corrected chi connectivity index (χ4v) is 4.00. The number of benzene rings is 2. The summed E-state index contributed by atoms with van der Waals surface area (Å²) in [4.78, 5) is 23.7. The fraction of sp³-hybridized carbons (Fsp3) is 0.217. The Hall–Kier alpha value is -3.78. The average Bonchev–Trinajstić information content (AvgIpc) is 3.22. The van der Waals surface area contributed by atoms with Gasteiger partial charge in [0, 0.05) is 30.6 Å². The van der Waals surface area contributed by atoms with Crippen molar-refractivity contribution in [2.45, 2.75) is 19.5 Å². The molecule has 0 fully saturated rings. The van der Waals surface area contributed by atoms with Crippen molar-refractivity contribution in [2.24, 2.45) is 5.73 Å². The normalized spacial score (nSPS) is 13.8. The molecule has 1 aliphatic heterocycles. The van der Waals surface area contributed by atoms with Crippen molar-refractivity contribution >= 4 is 22.6 Å². The molecule has 3 heterocycles. The predicted molar refractivity (Wildman–Crippen MR) is 119 cm³/mol. The summed E-state index contributed by atoms with van der Waals surface area (Å²) < 4.78 is 1.67. The molecule has 0 spiro atoms. The van der Waals surface area contributed by atoms with Gasteiger partial charge in [-0.1, -0.05) is 36.4 Å². The van der Waals surface area contributed by atoms with Crippen molar-refractivity contribution < 1.29 is 4.79 Å². The molecule has 4 aromatic rings. The van der Waals surface area contributed by atoms with E-state index in [2.05, 4.69) is 34.5 Å². The molecule has 1 amide bonds. The van der Waals surface area contributed by atoms with Gasteiger partial charge in [0.05, 0.1) is 23.0 Å². The van der Waals surface area contributed by atoms with E-state index in [1.54, 1.807) is 23.0 Å². The first-order chi connectivity index (χ1) is 15.1. The van der Waals surface area contributed by atoms with Crippen molar-refractivity contribution in [1.29, 1.82) is 0 Å². The molecule has 156 valence electrons. The highest BCUT2D eigenvalue weighted by Gasteiger charge is 2.22. The Morgan fingerprint density at radius 1 is 1.13 bits per heavy atom. The minimum absolute atomic E-state index is 0.434. The van der Waals surface area contributed by atoms with Gasteiger partial charge in [0.25, 0.3) is 5.95 Å². The smallest absolute Gasteiger partial charge is 0.253 e. The van der Waals surface area contributed by atoms with Crippen LogP contribution in [0.3, 0.4) is 0 Å². The molecule has 1 aliphatic rings. The lowest BCUT2D eigenvalue weighted by Gasteiger charge is -2.26. The number of rotatable bonds is 5. The van der Waals surface area contributed by atoms with Gasteiger partial charge in [-0.05, 0) is 31.2 Å². The van der Waals surface area contributed by atoms with E-state index in [1.807, 2.05) is 24.3 Å². The van der Waals surface area contributed by atoms with Gasteiger partial charge in [-0.25, -0.2) is 4.98 Å². The summed E-state index contributed by atoms with van der Waals surface area (Å²) in [6.45, 7) is 2.38. The maximum atomic E-state index is 11.8. The van der Waals surface area contributed by atoms with Crippen molar-refractivity contribution in [3.63, 3.8) is 0 Å². The van der Waals surface area contributed by atoms with E-state index >= 15 is 0 Å². The molecule has 0 unspecified atom stereocenters. The third kappa shape index (κ3) is 3.62. The standard InChI is InChI=1S/C23H23N7O/c1-29-11-10-17-19(14-29)27-23(28-22(17)25-12-15-6-3-2-4-7-15)30-20-9-5-8-16(21(24)31)18(20)13-26-30/h2-9,13H,10-12,14H2,1H3,(H2,24,31)(H,25,27,28). The SMILES string of the molecule is CN1CCc2c(nc(-n3ncc4c(C(N)=O)cccc43)nc2NCc2ccccc2)C1. The lowest BCUT2D eigenvalue weighted by atomic mass is 10.1. The number of anilines is 1. The number of nitrogens with zero attached hydrogens (tertiary/aromatic N) is 5. The van der Waals surface area contributed by atoms with E-state index in [0.717, 1.165) is 42.1 Å². The summed E-state index contributed by atoms with van der Waals surface area (Å²) in [7, 11) is 2.09. The number of nitrogens with two attached hydrogens (primary N) is 1. The second-order valence-corrected chi connectivity index (χ2v) is 7.78. The molecule has 0 saturated carbocycles. The number of carbonyl (C=O) groups is 1. The summed E-state index contributed by atoms with van der Waals surface area (Å²) in [5, 5.41) is 8.66. The molecule has 0 saturated heterocycles. The van der Waals surface area contributed by atoms with Crippen LogP contribution in [0.5, 0.6) is 0 Å². The summed E-state index contributed by atoms with van der Waals surface area (Å²) in [6.07, 6.45) is 2.52. The highest BCUT2D eigenvalue weighted by atomic mass is 16.1. The summed E-state index contributed by atoms with van der Waals surface area (Å²) in [5.74, 6) is 0.816. The highest BCUT2D eigenvalue weighted by Crippen LogP contribution is 2.26. The monoisotopic (exact) mass is 413 g/mol. The zero-order chi connectivity index (χ0) is 21.4. The number of likely N-dealkylation sites (N-methyl/N-ethyl adjacent to an activating group) is 1. The van der Waals surface area contributed by atoms with Crippen LogP contribution in [0.1, 0.15) is 27.2 Å². The van der Waals surface area contributed by atoms with E-state index in [0.29, 0.717) is 23.4 Å². The van der Waals surface area contributed by atoms with Crippen LogP contribution in [0.15, 0.2) is 54.7 Å². The Kier molecular flexibility index (Phi) is 4.83. The van der Waals surface area contributed by atoms with Gasteiger partial charge in [0.1, 0.15) is 5.82 Å². The van der Waals surface area contributed by atoms with E-state index in [1.165, 1.54) is 5.56 Å². The molecule has 2 aromatic carbocycles. The Morgan fingerprint density at radius 3 is 2.77 bits per heavy atom. The third-order valence-electron chi connectivity index (χ3n) is 5.62. The molecule has 31 heavy (non-hydrogen) atoms. The van der Waals surface area contributed by atoms with Gasteiger partial charge in [0.15, 0.2) is 0 Å². The molecule has 0 atom stereocenters. The van der Waals surface area contributed by atoms with Crippen LogP contribution in [0.2, 0.25) is 0 Å². The Morgan fingerprint density at radius 2 is 1.97 bits per heavy atom. The molecular weight excluding hydrogens is 390 g/mol. The van der Waals surface area contributed by atoms with Crippen molar-refractivity contribution in [3.05, 3.63) is 77.1 Å². The van der Waals surface area contributed by atoms with Gasteiger partial charge in [-0.3, -0.25) is 4.79 Å². The molecular formula is C23H23N7O. The maximum absolute atomic E-state index is 11.8. The molecule has 5 rings (SSSR count). The van der Waals surface area contributed by atoms with E-state index < -0.39 is 5.91 Å². The lowest BCUT2D eigenvalue weighted by Crippen LogP contribution is -2.29. The minimum atomic E-state index is -0.483. The number of hydrogen-bond donors (Lipinski definition) is 2. The minimum Gasteiger partial charge on any atom is -0.366 e. The number of fused-ring (bicyclic) bond motifs is 2. The molecule has 0 aliphatic carbocycles. The van der Waals surface area contributed by atoms with Crippen LogP contribution >= 0.6 is 0 Å². The van der Waals surface area contributed by atoms with Gasteiger partial charge in [-0.15, -0.1) is 0 Å².